The van der Waals surface area contributed by atoms with Crippen molar-refractivity contribution in [2.45, 2.75) is 51.5 Å². The van der Waals surface area contributed by atoms with Gasteiger partial charge in [0.15, 0.2) is 5.16 Å². The summed E-state index contributed by atoms with van der Waals surface area (Å²) in [5, 5.41) is 2.11. The molecule has 2 aromatic heterocycles. The van der Waals surface area contributed by atoms with Gasteiger partial charge in [-0.3, -0.25) is 0 Å². The quantitative estimate of drug-likeness (QED) is 0.369. The molecule has 0 aliphatic carbocycles. The van der Waals surface area contributed by atoms with Gasteiger partial charge in [0.05, 0.1) is 11.5 Å². The third kappa shape index (κ3) is 4.04. The first-order valence-electron chi connectivity index (χ1n) is 7.26. The number of aromatic nitrogens is 3. The molecule has 0 amide bonds. The summed E-state index contributed by atoms with van der Waals surface area (Å²) in [5.41, 5.74) is 1.99. The van der Waals surface area contributed by atoms with Crippen molar-refractivity contribution in [3.63, 3.8) is 0 Å². The lowest BCUT2D eigenvalue weighted by Gasteiger charge is -2.32. The topological polar surface area (TPSA) is 50.8 Å². The van der Waals surface area contributed by atoms with E-state index in [0.29, 0.717) is 10.3 Å². The number of H-pyrrole nitrogens is 1. The van der Waals surface area contributed by atoms with E-state index < -0.39 is 9.04 Å². The van der Waals surface area contributed by atoms with E-state index in [-0.39, 0.29) is 11.5 Å². The minimum atomic E-state index is -0.769. The third-order valence-electron chi connectivity index (χ3n) is 3.48. The van der Waals surface area contributed by atoms with Crippen LogP contribution in [0.3, 0.4) is 0 Å². The van der Waals surface area contributed by atoms with Crippen molar-refractivity contribution < 1.29 is 4.43 Å². The molecule has 0 saturated carbocycles. The fourth-order valence-corrected chi connectivity index (χ4v) is 4.00. The maximum Gasteiger partial charge on any atom is 0.205 e. The minimum absolute atomic E-state index is 0.0675. The van der Waals surface area contributed by atoms with E-state index >= 15 is 0 Å². The van der Waals surface area contributed by atoms with Crippen LogP contribution in [-0.4, -0.2) is 36.4 Å². The zero-order valence-corrected chi connectivity index (χ0v) is 16.5. The van der Waals surface area contributed by atoms with Gasteiger partial charge in [0.1, 0.15) is 10.8 Å². The second-order valence-electron chi connectivity index (χ2n) is 6.62. The molecule has 0 fully saturated rings. The number of nitrogens with zero attached hydrogens (tertiary/aromatic N) is 2. The molecule has 0 aromatic carbocycles. The molecular formula is C15H23ClN3OSSi. The Bertz CT molecular complexity index is 654. The zero-order valence-electron chi connectivity index (χ0n) is 14.0. The lowest BCUT2D eigenvalue weighted by Crippen LogP contribution is -2.35. The van der Waals surface area contributed by atoms with Gasteiger partial charge in [-0.15, -0.1) is 0 Å². The van der Waals surface area contributed by atoms with Crippen LogP contribution in [0, 0.1) is 5.41 Å². The predicted molar refractivity (Wildman–Crippen MR) is 96.2 cm³/mol. The maximum atomic E-state index is 6.37. The molecule has 0 spiro atoms. The normalized spacial score (nSPS) is 14.0. The van der Waals surface area contributed by atoms with Crippen molar-refractivity contribution in [1.82, 2.24) is 15.0 Å². The average molecular weight is 357 g/mol. The molecule has 0 aliphatic rings. The Hall–Kier alpha value is -0.563. The van der Waals surface area contributed by atoms with E-state index in [1.807, 2.05) is 12.5 Å². The number of rotatable bonds is 5. The van der Waals surface area contributed by atoms with Crippen molar-refractivity contribution in [2.24, 2.45) is 5.41 Å². The average Bonchev–Trinajstić information content (AvgIpc) is 2.80. The molecule has 121 valence electrons. The maximum absolute atomic E-state index is 6.37. The molecule has 0 bridgehead atoms. The number of fused-ring (bicyclic) bond motifs is 1. The molecule has 2 aromatic rings. The van der Waals surface area contributed by atoms with Crippen LogP contribution in [0.2, 0.25) is 18.2 Å². The highest BCUT2D eigenvalue weighted by Gasteiger charge is 2.28. The summed E-state index contributed by atoms with van der Waals surface area (Å²) in [6.45, 7) is 11.0. The summed E-state index contributed by atoms with van der Waals surface area (Å²) >= 11 is 7.86. The van der Waals surface area contributed by atoms with Crippen LogP contribution >= 0.6 is 23.4 Å². The fourth-order valence-electron chi connectivity index (χ4n) is 2.29. The molecule has 1 unspecified atom stereocenters. The van der Waals surface area contributed by atoms with Gasteiger partial charge < -0.3 is 9.41 Å². The standard InChI is InChI=1S/C15H23ClN3OSSi/c1-15(2,3)10(20-22(5)6)7-9-8-17-13-11(9)12(16)18-14(19-13)21-4/h8,10H,7H2,1-6H3,(H,17,18,19). The molecule has 4 nitrogen and oxygen atoms in total. The van der Waals surface area contributed by atoms with E-state index in [4.69, 9.17) is 16.0 Å². The molecule has 2 rings (SSSR count). The number of thioether (sulfide) groups is 1. The molecule has 2 heterocycles. The molecule has 1 N–H and O–H groups in total. The first-order valence-corrected chi connectivity index (χ1v) is 11.3. The summed E-state index contributed by atoms with van der Waals surface area (Å²) in [5.74, 6) is 0. The zero-order chi connectivity index (χ0) is 16.5. The van der Waals surface area contributed by atoms with Gasteiger partial charge in [-0.05, 0) is 30.3 Å². The summed E-state index contributed by atoms with van der Waals surface area (Å²) in [6.07, 6.45) is 4.87. The van der Waals surface area contributed by atoms with Gasteiger partial charge in [0.2, 0.25) is 9.04 Å². The highest BCUT2D eigenvalue weighted by atomic mass is 35.5. The number of hydrogen-bond donors (Lipinski definition) is 1. The van der Waals surface area contributed by atoms with Gasteiger partial charge in [0, 0.05) is 12.6 Å². The molecule has 0 aliphatic heterocycles. The SMILES string of the molecule is CSc1nc(Cl)c2c(CC(O[Si](C)C)C(C)(C)C)c[nH]c2n1. The van der Waals surface area contributed by atoms with Crippen LogP contribution in [0.15, 0.2) is 11.4 Å². The van der Waals surface area contributed by atoms with E-state index in [2.05, 4.69) is 48.8 Å². The van der Waals surface area contributed by atoms with Gasteiger partial charge in [-0.1, -0.05) is 44.1 Å². The Morgan fingerprint density at radius 2 is 2.05 bits per heavy atom. The molecule has 1 atom stereocenters. The fraction of sp³-hybridized carbons (Fsp3) is 0.600. The van der Waals surface area contributed by atoms with E-state index in [0.717, 1.165) is 23.0 Å². The second-order valence-corrected chi connectivity index (χ2v) is 9.81. The lowest BCUT2D eigenvalue weighted by atomic mass is 9.85. The number of nitrogens with one attached hydrogen (secondary N) is 1. The van der Waals surface area contributed by atoms with E-state index in [9.17, 15) is 0 Å². The van der Waals surface area contributed by atoms with E-state index in [1.54, 1.807) is 0 Å². The monoisotopic (exact) mass is 356 g/mol. The predicted octanol–water partition coefficient (Wildman–Crippen LogP) is 4.56. The Morgan fingerprint density at radius 3 is 2.59 bits per heavy atom. The van der Waals surface area contributed by atoms with Crippen molar-refractivity contribution in [1.29, 1.82) is 0 Å². The lowest BCUT2D eigenvalue weighted by molar-refractivity contribution is 0.0870. The van der Waals surface area contributed by atoms with Crippen LogP contribution in [0.4, 0.5) is 0 Å². The van der Waals surface area contributed by atoms with Crippen LogP contribution in [0.5, 0.6) is 0 Å². The van der Waals surface area contributed by atoms with Gasteiger partial charge in [-0.2, -0.15) is 0 Å². The van der Waals surface area contributed by atoms with Gasteiger partial charge in [0.25, 0.3) is 0 Å². The number of halogens is 1. The van der Waals surface area contributed by atoms with Crippen LogP contribution in [-0.2, 0) is 10.8 Å². The highest BCUT2D eigenvalue weighted by molar-refractivity contribution is 7.98. The van der Waals surface area contributed by atoms with Crippen molar-refractivity contribution in [2.75, 3.05) is 6.26 Å². The van der Waals surface area contributed by atoms with Crippen LogP contribution < -0.4 is 0 Å². The Morgan fingerprint density at radius 1 is 1.36 bits per heavy atom. The summed E-state index contributed by atoms with van der Waals surface area (Å²) in [6, 6.07) is 0. The van der Waals surface area contributed by atoms with Crippen LogP contribution in [0.1, 0.15) is 26.3 Å². The second kappa shape index (κ2) is 6.91. The largest absolute Gasteiger partial charge is 0.413 e. The van der Waals surface area contributed by atoms with Crippen molar-refractivity contribution in [3.8, 4) is 0 Å². The summed E-state index contributed by atoms with van der Waals surface area (Å²) in [7, 11) is -0.769. The number of hydrogen-bond acceptors (Lipinski definition) is 4. The third-order valence-corrected chi connectivity index (χ3v) is 5.06. The van der Waals surface area contributed by atoms with Crippen LogP contribution in [0.25, 0.3) is 11.0 Å². The first kappa shape index (κ1) is 17.8. The van der Waals surface area contributed by atoms with Crippen molar-refractivity contribution >= 4 is 43.4 Å². The highest BCUT2D eigenvalue weighted by Crippen LogP contribution is 2.31. The summed E-state index contributed by atoms with van der Waals surface area (Å²) in [4.78, 5) is 12.0. The van der Waals surface area contributed by atoms with Gasteiger partial charge >= 0.3 is 0 Å². The van der Waals surface area contributed by atoms with E-state index in [1.165, 1.54) is 11.8 Å². The Labute approximate surface area is 143 Å². The smallest absolute Gasteiger partial charge is 0.205 e. The molecule has 7 heteroatoms. The Balaban J connectivity index is 2.38. The van der Waals surface area contributed by atoms with Crippen molar-refractivity contribution in [3.05, 3.63) is 16.9 Å². The molecule has 0 saturated heterocycles. The molecule has 1 radical (unpaired) electrons. The molecular weight excluding hydrogens is 334 g/mol. The minimum Gasteiger partial charge on any atom is -0.413 e. The summed E-state index contributed by atoms with van der Waals surface area (Å²) < 4.78 is 6.22. The van der Waals surface area contributed by atoms with Gasteiger partial charge in [-0.25, -0.2) is 9.97 Å². The number of aromatic amines is 1. The molecule has 22 heavy (non-hydrogen) atoms. The first-order chi connectivity index (χ1) is 10.2. The Kier molecular flexibility index (Phi) is 5.58.